The van der Waals surface area contributed by atoms with Gasteiger partial charge in [0.25, 0.3) is 0 Å². The largest absolute Gasteiger partial charge is 0.493 e. The molecule has 0 aromatic heterocycles. The van der Waals surface area contributed by atoms with Gasteiger partial charge in [-0.15, -0.1) is 0 Å². The van der Waals surface area contributed by atoms with E-state index in [1.54, 1.807) is 7.11 Å². The van der Waals surface area contributed by atoms with Crippen molar-refractivity contribution in [3.63, 3.8) is 0 Å². The second-order valence-electron chi connectivity index (χ2n) is 5.01. The fraction of sp³-hybridized carbons (Fsp3) is 0.294. The lowest BCUT2D eigenvalue weighted by atomic mass is 9.96. The molecule has 104 valence electrons. The Hall–Kier alpha value is -2.00. The molecule has 1 heterocycles. The van der Waals surface area contributed by atoms with Crippen LogP contribution < -0.4 is 14.8 Å². The molecule has 0 saturated heterocycles. The van der Waals surface area contributed by atoms with Crippen LogP contribution in [0.1, 0.15) is 11.1 Å². The zero-order valence-electron chi connectivity index (χ0n) is 11.6. The van der Waals surface area contributed by atoms with Crippen molar-refractivity contribution in [3.05, 3.63) is 59.7 Å². The molecule has 1 aliphatic heterocycles. The Labute approximate surface area is 119 Å². The van der Waals surface area contributed by atoms with Crippen LogP contribution in [0, 0.1) is 0 Å². The van der Waals surface area contributed by atoms with Gasteiger partial charge in [-0.1, -0.05) is 36.4 Å². The SMILES string of the molecule is COc1ccccc1OCC1Cc2ccccc2CN1. The Morgan fingerprint density at radius 2 is 1.70 bits per heavy atom. The number of fused-ring (bicyclic) bond motifs is 1. The van der Waals surface area contributed by atoms with Crippen LogP contribution >= 0.6 is 0 Å². The summed E-state index contributed by atoms with van der Waals surface area (Å²) in [6.07, 6.45) is 1.01. The Balaban J connectivity index is 1.63. The summed E-state index contributed by atoms with van der Waals surface area (Å²) >= 11 is 0. The van der Waals surface area contributed by atoms with Crippen molar-refractivity contribution in [2.75, 3.05) is 13.7 Å². The minimum Gasteiger partial charge on any atom is -0.493 e. The number of nitrogens with one attached hydrogen (secondary N) is 1. The fourth-order valence-corrected chi connectivity index (χ4v) is 2.57. The number of benzene rings is 2. The third-order valence-corrected chi connectivity index (χ3v) is 3.67. The van der Waals surface area contributed by atoms with Crippen LogP contribution in [0.2, 0.25) is 0 Å². The highest BCUT2D eigenvalue weighted by Crippen LogP contribution is 2.26. The molecule has 1 N–H and O–H groups in total. The van der Waals surface area contributed by atoms with Crippen molar-refractivity contribution < 1.29 is 9.47 Å². The van der Waals surface area contributed by atoms with Crippen molar-refractivity contribution in [2.45, 2.75) is 19.0 Å². The van der Waals surface area contributed by atoms with Gasteiger partial charge in [-0.2, -0.15) is 0 Å². The molecule has 2 aromatic rings. The van der Waals surface area contributed by atoms with E-state index in [1.807, 2.05) is 24.3 Å². The minimum atomic E-state index is 0.342. The van der Waals surface area contributed by atoms with E-state index in [4.69, 9.17) is 9.47 Å². The quantitative estimate of drug-likeness (QED) is 0.926. The minimum absolute atomic E-state index is 0.342. The van der Waals surface area contributed by atoms with Crippen LogP contribution in [0.4, 0.5) is 0 Å². The Morgan fingerprint density at radius 3 is 2.50 bits per heavy atom. The van der Waals surface area contributed by atoms with Gasteiger partial charge >= 0.3 is 0 Å². The maximum atomic E-state index is 5.90. The van der Waals surface area contributed by atoms with E-state index in [9.17, 15) is 0 Å². The third-order valence-electron chi connectivity index (χ3n) is 3.67. The molecule has 0 saturated carbocycles. The van der Waals surface area contributed by atoms with Gasteiger partial charge in [0.05, 0.1) is 7.11 Å². The van der Waals surface area contributed by atoms with Gasteiger partial charge < -0.3 is 14.8 Å². The van der Waals surface area contributed by atoms with Gasteiger partial charge in [-0.3, -0.25) is 0 Å². The van der Waals surface area contributed by atoms with E-state index < -0.39 is 0 Å². The molecule has 0 aliphatic carbocycles. The summed E-state index contributed by atoms with van der Waals surface area (Å²) in [5.41, 5.74) is 2.81. The maximum absolute atomic E-state index is 5.90. The summed E-state index contributed by atoms with van der Waals surface area (Å²) in [5.74, 6) is 1.58. The number of para-hydroxylation sites is 2. The van der Waals surface area contributed by atoms with E-state index in [0.717, 1.165) is 24.5 Å². The van der Waals surface area contributed by atoms with Crippen LogP contribution in [0.15, 0.2) is 48.5 Å². The highest BCUT2D eigenvalue weighted by atomic mass is 16.5. The lowest BCUT2D eigenvalue weighted by Gasteiger charge is -2.26. The molecule has 3 nitrogen and oxygen atoms in total. The summed E-state index contributed by atoms with van der Waals surface area (Å²) in [6, 6.07) is 16.7. The van der Waals surface area contributed by atoms with E-state index in [1.165, 1.54) is 11.1 Å². The van der Waals surface area contributed by atoms with Crippen molar-refractivity contribution in [2.24, 2.45) is 0 Å². The summed E-state index contributed by atoms with van der Waals surface area (Å²) in [4.78, 5) is 0. The highest BCUT2D eigenvalue weighted by molar-refractivity contribution is 5.39. The molecule has 0 fully saturated rings. The standard InChI is InChI=1S/C17H19NO2/c1-19-16-8-4-5-9-17(16)20-12-15-10-13-6-2-3-7-14(13)11-18-15/h2-9,15,18H,10-12H2,1H3. The first-order chi connectivity index (χ1) is 9.86. The summed E-state index contributed by atoms with van der Waals surface area (Å²) < 4.78 is 11.2. The van der Waals surface area contributed by atoms with E-state index >= 15 is 0 Å². The molecule has 2 aromatic carbocycles. The average Bonchev–Trinajstić information content (AvgIpc) is 2.53. The smallest absolute Gasteiger partial charge is 0.161 e. The first kappa shape index (κ1) is 13.0. The number of hydrogen-bond acceptors (Lipinski definition) is 3. The van der Waals surface area contributed by atoms with Gasteiger partial charge in [0.2, 0.25) is 0 Å². The topological polar surface area (TPSA) is 30.5 Å². The second kappa shape index (κ2) is 5.97. The number of hydrogen-bond donors (Lipinski definition) is 1. The predicted molar refractivity (Wildman–Crippen MR) is 79.3 cm³/mol. The molecular formula is C17H19NO2. The molecule has 0 amide bonds. The zero-order chi connectivity index (χ0) is 13.8. The first-order valence-electron chi connectivity index (χ1n) is 6.93. The van der Waals surface area contributed by atoms with Crippen molar-refractivity contribution in [1.82, 2.24) is 5.32 Å². The summed E-state index contributed by atoms with van der Waals surface area (Å²) in [6.45, 7) is 1.56. The Morgan fingerprint density at radius 1 is 1.00 bits per heavy atom. The van der Waals surface area contributed by atoms with Crippen LogP contribution in [0.5, 0.6) is 11.5 Å². The lowest BCUT2D eigenvalue weighted by Crippen LogP contribution is -2.39. The lowest BCUT2D eigenvalue weighted by molar-refractivity contribution is 0.245. The van der Waals surface area contributed by atoms with Crippen molar-refractivity contribution in [3.8, 4) is 11.5 Å². The molecule has 0 bridgehead atoms. The van der Waals surface area contributed by atoms with Crippen LogP contribution in [0.3, 0.4) is 0 Å². The normalized spacial score (nSPS) is 17.4. The molecule has 0 radical (unpaired) electrons. The van der Waals surface area contributed by atoms with Crippen LogP contribution in [0.25, 0.3) is 0 Å². The van der Waals surface area contributed by atoms with Crippen molar-refractivity contribution in [1.29, 1.82) is 0 Å². The summed E-state index contributed by atoms with van der Waals surface area (Å²) in [7, 11) is 1.66. The molecule has 0 spiro atoms. The number of rotatable bonds is 4. The molecule has 20 heavy (non-hydrogen) atoms. The Kier molecular flexibility index (Phi) is 3.88. The molecule has 1 atom stereocenters. The third kappa shape index (κ3) is 2.78. The number of ether oxygens (including phenoxy) is 2. The molecule has 1 aliphatic rings. The van der Waals surface area contributed by atoms with E-state index in [2.05, 4.69) is 29.6 Å². The maximum Gasteiger partial charge on any atom is 0.161 e. The van der Waals surface area contributed by atoms with Gasteiger partial charge in [0.15, 0.2) is 11.5 Å². The Bertz CT molecular complexity index is 583. The summed E-state index contributed by atoms with van der Waals surface area (Å²) in [5, 5.41) is 3.52. The highest BCUT2D eigenvalue weighted by Gasteiger charge is 2.18. The van der Waals surface area contributed by atoms with E-state index in [-0.39, 0.29) is 0 Å². The average molecular weight is 269 g/mol. The molecular weight excluding hydrogens is 250 g/mol. The zero-order valence-corrected chi connectivity index (χ0v) is 11.6. The van der Waals surface area contributed by atoms with Gasteiger partial charge in [-0.25, -0.2) is 0 Å². The van der Waals surface area contributed by atoms with Crippen LogP contribution in [-0.4, -0.2) is 19.8 Å². The van der Waals surface area contributed by atoms with Gasteiger partial charge in [0, 0.05) is 12.6 Å². The first-order valence-corrected chi connectivity index (χ1v) is 6.93. The monoisotopic (exact) mass is 269 g/mol. The van der Waals surface area contributed by atoms with Gasteiger partial charge in [0.1, 0.15) is 6.61 Å². The van der Waals surface area contributed by atoms with E-state index in [0.29, 0.717) is 12.6 Å². The predicted octanol–water partition coefficient (Wildman–Crippen LogP) is 2.79. The molecule has 3 heteroatoms. The molecule has 3 rings (SSSR count). The fourth-order valence-electron chi connectivity index (χ4n) is 2.57. The second-order valence-corrected chi connectivity index (χ2v) is 5.01. The van der Waals surface area contributed by atoms with Crippen molar-refractivity contribution >= 4 is 0 Å². The van der Waals surface area contributed by atoms with Crippen LogP contribution in [-0.2, 0) is 13.0 Å². The number of methoxy groups -OCH3 is 1. The van der Waals surface area contributed by atoms with Gasteiger partial charge in [-0.05, 0) is 29.7 Å². The molecule has 1 unspecified atom stereocenters.